The minimum Gasteiger partial charge on any atom is -0.502 e. The van der Waals surface area contributed by atoms with Gasteiger partial charge in [0, 0.05) is 0 Å². The average Bonchev–Trinajstić information content (AvgIpc) is 1.69. The molecule has 1 nitrogen and oxygen atoms in total. The lowest BCUT2D eigenvalue weighted by atomic mass is 10.5. The van der Waals surface area contributed by atoms with Crippen molar-refractivity contribution in [1.82, 2.24) is 0 Å². The van der Waals surface area contributed by atoms with E-state index in [9.17, 15) is 0 Å². The Kier molecular flexibility index (Phi) is 5.18. The minimum absolute atomic E-state index is 0.798. The third-order valence-electron chi connectivity index (χ3n) is 0.514. The molecule has 0 fully saturated rings. The summed E-state index contributed by atoms with van der Waals surface area (Å²) in [5.41, 5.74) is 0. The highest BCUT2D eigenvalue weighted by atomic mass is 16.5. The molecule has 0 amide bonds. The van der Waals surface area contributed by atoms with E-state index in [2.05, 4.69) is 13.8 Å². The van der Waals surface area contributed by atoms with Gasteiger partial charge in [-0.1, -0.05) is 6.92 Å². The Bertz CT molecular complexity index is 48.1. The SMILES string of the molecule is [CH2]/C=C/OCCC. The van der Waals surface area contributed by atoms with Crippen LogP contribution in [0, 0.1) is 6.92 Å². The van der Waals surface area contributed by atoms with E-state index >= 15 is 0 Å². The number of allylic oxidation sites excluding steroid dienone is 1. The number of ether oxygens (including phenoxy) is 1. The normalized spacial score (nSPS) is 10.0. The Labute approximate surface area is 45.0 Å². The van der Waals surface area contributed by atoms with Gasteiger partial charge >= 0.3 is 0 Å². The molecule has 0 heterocycles. The Morgan fingerprint density at radius 3 is 2.86 bits per heavy atom. The van der Waals surface area contributed by atoms with Crippen molar-refractivity contribution in [3.63, 3.8) is 0 Å². The molecule has 0 unspecified atom stereocenters. The molecule has 41 valence electrons. The molecule has 0 spiro atoms. The van der Waals surface area contributed by atoms with Crippen LogP contribution >= 0.6 is 0 Å². The second-order valence-corrected chi connectivity index (χ2v) is 1.24. The molecule has 1 heteroatoms. The zero-order valence-electron chi connectivity index (χ0n) is 4.68. The first kappa shape index (κ1) is 6.54. The van der Waals surface area contributed by atoms with E-state index in [0.29, 0.717) is 0 Å². The summed E-state index contributed by atoms with van der Waals surface area (Å²) in [5, 5.41) is 0. The molecular weight excluding hydrogens is 88.1 g/mol. The molecule has 0 rings (SSSR count). The van der Waals surface area contributed by atoms with Gasteiger partial charge in [-0.3, -0.25) is 0 Å². The van der Waals surface area contributed by atoms with Gasteiger partial charge in [0.2, 0.25) is 0 Å². The molecule has 0 aromatic carbocycles. The first-order chi connectivity index (χ1) is 3.41. The molecule has 0 aromatic rings. The van der Waals surface area contributed by atoms with Crippen molar-refractivity contribution >= 4 is 0 Å². The second-order valence-electron chi connectivity index (χ2n) is 1.24. The number of hydrogen-bond acceptors (Lipinski definition) is 1. The highest BCUT2D eigenvalue weighted by molar-refractivity contribution is 4.74. The molecule has 0 aliphatic rings. The smallest absolute Gasteiger partial charge is 0.0870 e. The molecule has 0 N–H and O–H groups in total. The molecule has 0 aromatic heterocycles. The fourth-order valence-electron chi connectivity index (χ4n) is 0.254. The van der Waals surface area contributed by atoms with Gasteiger partial charge in [0.15, 0.2) is 0 Å². The van der Waals surface area contributed by atoms with Crippen LogP contribution in [0.4, 0.5) is 0 Å². The quantitative estimate of drug-likeness (QED) is 0.387. The van der Waals surface area contributed by atoms with E-state index in [1.807, 2.05) is 0 Å². The Balaban J connectivity index is 2.69. The van der Waals surface area contributed by atoms with Gasteiger partial charge in [-0.05, 0) is 19.4 Å². The molecule has 1 radical (unpaired) electrons. The van der Waals surface area contributed by atoms with Gasteiger partial charge in [0.05, 0.1) is 12.9 Å². The summed E-state index contributed by atoms with van der Waals surface area (Å²) in [6, 6.07) is 0. The fourth-order valence-corrected chi connectivity index (χ4v) is 0.254. The van der Waals surface area contributed by atoms with E-state index in [1.54, 1.807) is 12.3 Å². The van der Waals surface area contributed by atoms with Gasteiger partial charge in [-0.15, -0.1) is 0 Å². The lowest BCUT2D eigenvalue weighted by Crippen LogP contribution is -1.80. The van der Waals surface area contributed by atoms with Crippen molar-refractivity contribution in [3.8, 4) is 0 Å². The fraction of sp³-hybridized carbons (Fsp3) is 0.500. The van der Waals surface area contributed by atoms with Crippen LogP contribution in [0.5, 0.6) is 0 Å². The standard InChI is InChI=1S/C6H11O/c1-3-5-7-6-4-2/h3,5H,1,4,6H2,2H3/b5-3+. The first-order valence-corrected chi connectivity index (χ1v) is 2.47. The largest absolute Gasteiger partial charge is 0.502 e. The zero-order valence-corrected chi connectivity index (χ0v) is 4.68. The van der Waals surface area contributed by atoms with E-state index in [0.717, 1.165) is 13.0 Å². The van der Waals surface area contributed by atoms with Crippen molar-refractivity contribution in [2.75, 3.05) is 6.61 Å². The van der Waals surface area contributed by atoms with Crippen LogP contribution in [0.25, 0.3) is 0 Å². The molecule has 0 saturated heterocycles. The topological polar surface area (TPSA) is 9.23 Å². The van der Waals surface area contributed by atoms with Crippen molar-refractivity contribution in [3.05, 3.63) is 19.3 Å². The predicted molar refractivity (Wildman–Crippen MR) is 30.7 cm³/mol. The Morgan fingerprint density at radius 2 is 2.43 bits per heavy atom. The van der Waals surface area contributed by atoms with Crippen LogP contribution in [0.1, 0.15) is 13.3 Å². The molecule has 0 aliphatic carbocycles. The van der Waals surface area contributed by atoms with Crippen LogP contribution in [0.2, 0.25) is 0 Å². The summed E-state index contributed by atoms with van der Waals surface area (Å²) in [7, 11) is 0. The van der Waals surface area contributed by atoms with E-state index in [1.165, 1.54) is 0 Å². The molecular formula is C6H11O. The van der Waals surface area contributed by atoms with Crippen molar-refractivity contribution in [2.24, 2.45) is 0 Å². The molecule has 0 bridgehead atoms. The maximum absolute atomic E-state index is 4.89. The van der Waals surface area contributed by atoms with Gasteiger partial charge < -0.3 is 4.74 Å². The molecule has 7 heavy (non-hydrogen) atoms. The predicted octanol–water partition coefficient (Wildman–Crippen LogP) is 1.76. The first-order valence-electron chi connectivity index (χ1n) is 2.47. The molecule has 0 aliphatic heterocycles. The van der Waals surface area contributed by atoms with Crippen molar-refractivity contribution in [1.29, 1.82) is 0 Å². The van der Waals surface area contributed by atoms with Crippen LogP contribution < -0.4 is 0 Å². The zero-order chi connectivity index (χ0) is 5.54. The summed E-state index contributed by atoms with van der Waals surface area (Å²) in [5.74, 6) is 0. The third kappa shape index (κ3) is 5.54. The summed E-state index contributed by atoms with van der Waals surface area (Å²) in [6.45, 7) is 6.32. The van der Waals surface area contributed by atoms with E-state index in [4.69, 9.17) is 4.74 Å². The van der Waals surface area contributed by atoms with Crippen LogP contribution in [0.3, 0.4) is 0 Å². The number of hydrogen-bond donors (Lipinski definition) is 0. The van der Waals surface area contributed by atoms with Gasteiger partial charge in [0.25, 0.3) is 0 Å². The monoisotopic (exact) mass is 99.1 g/mol. The summed E-state index contributed by atoms with van der Waals surface area (Å²) in [6.07, 6.45) is 4.30. The third-order valence-corrected chi connectivity index (χ3v) is 0.514. The Morgan fingerprint density at radius 1 is 1.71 bits per heavy atom. The lowest BCUT2D eigenvalue weighted by Gasteiger charge is -1.91. The summed E-state index contributed by atoms with van der Waals surface area (Å²) < 4.78 is 4.89. The lowest BCUT2D eigenvalue weighted by molar-refractivity contribution is 0.250. The van der Waals surface area contributed by atoms with Crippen molar-refractivity contribution < 1.29 is 4.74 Å². The second kappa shape index (κ2) is 5.54. The Hall–Kier alpha value is -0.460. The maximum Gasteiger partial charge on any atom is 0.0870 e. The van der Waals surface area contributed by atoms with Crippen LogP contribution in [-0.4, -0.2) is 6.61 Å². The van der Waals surface area contributed by atoms with Gasteiger partial charge in [-0.25, -0.2) is 0 Å². The van der Waals surface area contributed by atoms with Crippen molar-refractivity contribution in [2.45, 2.75) is 13.3 Å². The van der Waals surface area contributed by atoms with Crippen LogP contribution in [0.15, 0.2) is 12.3 Å². The summed E-state index contributed by atoms with van der Waals surface area (Å²) >= 11 is 0. The maximum atomic E-state index is 4.89. The van der Waals surface area contributed by atoms with Crippen LogP contribution in [-0.2, 0) is 4.74 Å². The molecule has 0 saturated carbocycles. The van der Waals surface area contributed by atoms with Gasteiger partial charge in [-0.2, -0.15) is 0 Å². The van der Waals surface area contributed by atoms with E-state index in [-0.39, 0.29) is 0 Å². The highest BCUT2D eigenvalue weighted by Crippen LogP contribution is 1.79. The van der Waals surface area contributed by atoms with Gasteiger partial charge in [0.1, 0.15) is 0 Å². The summed E-state index contributed by atoms with van der Waals surface area (Å²) in [4.78, 5) is 0. The minimum atomic E-state index is 0.798. The van der Waals surface area contributed by atoms with E-state index < -0.39 is 0 Å². The highest BCUT2D eigenvalue weighted by Gasteiger charge is 1.70. The average molecular weight is 99.2 g/mol. The number of rotatable bonds is 3. The molecule has 0 atom stereocenters.